The molecule has 5 nitrogen and oxygen atoms in total. The Kier molecular flexibility index (Phi) is 5.57. The molecule has 0 bridgehead atoms. The Morgan fingerprint density at radius 3 is 2.82 bits per heavy atom. The standard InChI is InChI=1S/C22H25N3O2S/c26-20(7-6-18-5-3-15-28-18)25-13-9-22(10-14-25)16-19(22)21(27)24-12-8-17-4-1-2-11-23-17/h1-7,11,15,19H,8-10,12-14,16H2,(H,24,27). The predicted molar refractivity (Wildman–Crippen MR) is 111 cm³/mol. The highest BCUT2D eigenvalue weighted by Gasteiger charge is 2.58. The van der Waals surface area contributed by atoms with Gasteiger partial charge in [0.25, 0.3) is 0 Å². The summed E-state index contributed by atoms with van der Waals surface area (Å²) in [5.41, 5.74) is 1.11. The zero-order valence-corrected chi connectivity index (χ0v) is 16.7. The molecule has 4 rings (SSSR count). The number of nitrogens with zero attached hydrogens (tertiary/aromatic N) is 2. The lowest BCUT2D eigenvalue weighted by Crippen LogP contribution is -2.40. The van der Waals surface area contributed by atoms with Crippen molar-refractivity contribution in [3.05, 3.63) is 58.6 Å². The van der Waals surface area contributed by atoms with Crippen LogP contribution < -0.4 is 5.32 Å². The molecule has 0 radical (unpaired) electrons. The Labute approximate surface area is 169 Å². The lowest BCUT2D eigenvalue weighted by atomic mass is 9.90. The van der Waals surface area contributed by atoms with Crippen molar-refractivity contribution in [1.82, 2.24) is 15.2 Å². The van der Waals surface area contributed by atoms with E-state index >= 15 is 0 Å². The van der Waals surface area contributed by atoms with Crippen LogP contribution in [0.5, 0.6) is 0 Å². The van der Waals surface area contributed by atoms with Crippen molar-refractivity contribution < 1.29 is 9.59 Å². The lowest BCUT2D eigenvalue weighted by Gasteiger charge is -2.32. The van der Waals surface area contributed by atoms with Gasteiger partial charge in [0.05, 0.1) is 0 Å². The maximum atomic E-state index is 12.5. The maximum Gasteiger partial charge on any atom is 0.246 e. The number of pyridine rings is 1. The third-order valence-electron chi connectivity index (χ3n) is 5.92. The fraction of sp³-hybridized carbons (Fsp3) is 0.409. The van der Waals surface area contributed by atoms with E-state index in [1.54, 1.807) is 23.6 Å². The van der Waals surface area contributed by atoms with Crippen molar-refractivity contribution in [1.29, 1.82) is 0 Å². The monoisotopic (exact) mass is 395 g/mol. The molecule has 3 heterocycles. The molecule has 2 amide bonds. The van der Waals surface area contributed by atoms with Gasteiger partial charge in [-0.2, -0.15) is 0 Å². The van der Waals surface area contributed by atoms with Gasteiger partial charge >= 0.3 is 0 Å². The second kappa shape index (κ2) is 8.27. The molecular formula is C22H25N3O2S. The molecule has 0 aromatic carbocycles. The molecule has 6 heteroatoms. The van der Waals surface area contributed by atoms with Gasteiger partial charge in [-0.25, -0.2) is 0 Å². The number of nitrogens with one attached hydrogen (secondary N) is 1. The van der Waals surface area contributed by atoms with Crippen molar-refractivity contribution in [3.8, 4) is 0 Å². The normalized spacial score (nSPS) is 20.4. The minimum atomic E-state index is 0.0697. The second-order valence-corrected chi connectivity index (χ2v) is 8.63. The van der Waals surface area contributed by atoms with E-state index in [1.165, 1.54) is 0 Å². The molecule has 2 aliphatic rings. The van der Waals surface area contributed by atoms with Gasteiger partial charge in [-0.05, 0) is 54.3 Å². The van der Waals surface area contributed by atoms with Crippen LogP contribution in [-0.4, -0.2) is 41.3 Å². The average molecular weight is 396 g/mol. The number of piperidine rings is 1. The van der Waals surface area contributed by atoms with Gasteiger partial charge in [0.2, 0.25) is 11.8 Å². The largest absolute Gasteiger partial charge is 0.355 e. The number of carbonyl (C=O) groups excluding carboxylic acids is 2. The molecule has 2 fully saturated rings. The van der Waals surface area contributed by atoms with E-state index in [9.17, 15) is 9.59 Å². The van der Waals surface area contributed by atoms with Gasteiger partial charge < -0.3 is 10.2 Å². The van der Waals surface area contributed by atoms with Gasteiger partial charge in [0.15, 0.2) is 0 Å². The van der Waals surface area contributed by atoms with E-state index in [0.29, 0.717) is 6.54 Å². The number of aromatic nitrogens is 1. The summed E-state index contributed by atoms with van der Waals surface area (Å²) in [6.07, 6.45) is 8.87. The first-order chi connectivity index (χ1) is 13.7. The van der Waals surface area contributed by atoms with Crippen LogP contribution in [0.4, 0.5) is 0 Å². The Morgan fingerprint density at radius 1 is 1.25 bits per heavy atom. The molecule has 2 aromatic rings. The second-order valence-electron chi connectivity index (χ2n) is 7.66. The summed E-state index contributed by atoms with van der Waals surface area (Å²) in [4.78, 5) is 32.1. The van der Waals surface area contributed by atoms with Crippen LogP contribution in [0.3, 0.4) is 0 Å². The lowest BCUT2D eigenvalue weighted by molar-refractivity contribution is -0.127. The number of amides is 2. The number of carbonyl (C=O) groups is 2. The average Bonchev–Trinajstić information content (AvgIpc) is 3.16. The number of rotatable bonds is 6. The van der Waals surface area contributed by atoms with Crippen molar-refractivity contribution in [2.45, 2.75) is 25.7 Å². The van der Waals surface area contributed by atoms with E-state index in [0.717, 1.165) is 49.3 Å². The quantitative estimate of drug-likeness (QED) is 0.765. The molecule has 1 spiro atoms. The SMILES string of the molecule is O=C(NCCc1ccccn1)C1CC12CCN(C(=O)C=Cc1cccs1)CC2. The number of hydrogen-bond acceptors (Lipinski definition) is 4. The van der Waals surface area contributed by atoms with Crippen LogP contribution in [0.25, 0.3) is 6.08 Å². The molecule has 28 heavy (non-hydrogen) atoms. The molecule has 1 aliphatic heterocycles. The highest BCUT2D eigenvalue weighted by molar-refractivity contribution is 7.10. The predicted octanol–water partition coefficient (Wildman–Crippen LogP) is 3.14. The summed E-state index contributed by atoms with van der Waals surface area (Å²) in [7, 11) is 0. The van der Waals surface area contributed by atoms with E-state index in [2.05, 4.69) is 10.3 Å². The van der Waals surface area contributed by atoms with E-state index in [-0.39, 0.29) is 23.1 Å². The minimum absolute atomic E-state index is 0.0697. The Balaban J connectivity index is 1.20. The highest BCUT2D eigenvalue weighted by Crippen LogP contribution is 2.59. The van der Waals surface area contributed by atoms with Gasteiger partial charge in [-0.15, -0.1) is 11.3 Å². The fourth-order valence-electron chi connectivity index (χ4n) is 4.07. The van der Waals surface area contributed by atoms with E-state index in [1.807, 2.05) is 46.7 Å². The fourth-order valence-corrected chi connectivity index (χ4v) is 4.69. The third kappa shape index (κ3) is 4.33. The number of hydrogen-bond donors (Lipinski definition) is 1. The molecule has 1 saturated heterocycles. The summed E-state index contributed by atoms with van der Waals surface area (Å²) in [5, 5.41) is 5.07. The summed E-state index contributed by atoms with van der Waals surface area (Å²) in [5.74, 6) is 0.337. The molecular weight excluding hydrogens is 370 g/mol. The van der Waals surface area contributed by atoms with Crippen LogP contribution in [0.2, 0.25) is 0 Å². The molecule has 1 atom stereocenters. The molecule has 1 unspecified atom stereocenters. The Morgan fingerprint density at radius 2 is 2.11 bits per heavy atom. The highest BCUT2D eigenvalue weighted by atomic mass is 32.1. The Hall–Kier alpha value is -2.47. The Bertz CT molecular complexity index is 840. The number of thiophene rings is 1. The van der Waals surface area contributed by atoms with Crippen LogP contribution in [0.1, 0.15) is 29.8 Å². The summed E-state index contributed by atoms with van der Waals surface area (Å²) in [6.45, 7) is 2.11. The van der Waals surface area contributed by atoms with Crippen molar-refractivity contribution in [2.24, 2.45) is 11.3 Å². The molecule has 1 N–H and O–H groups in total. The first-order valence-electron chi connectivity index (χ1n) is 9.84. The molecule has 2 aromatic heterocycles. The van der Waals surface area contributed by atoms with E-state index < -0.39 is 0 Å². The first-order valence-corrected chi connectivity index (χ1v) is 10.7. The van der Waals surface area contributed by atoms with Crippen LogP contribution in [-0.2, 0) is 16.0 Å². The number of likely N-dealkylation sites (tertiary alicyclic amines) is 1. The van der Waals surface area contributed by atoms with Gasteiger partial charge in [0.1, 0.15) is 0 Å². The molecule has 146 valence electrons. The van der Waals surface area contributed by atoms with Crippen molar-refractivity contribution in [2.75, 3.05) is 19.6 Å². The van der Waals surface area contributed by atoms with Crippen LogP contribution in [0.15, 0.2) is 48.0 Å². The zero-order valence-electron chi connectivity index (χ0n) is 15.8. The van der Waals surface area contributed by atoms with Crippen LogP contribution >= 0.6 is 11.3 Å². The molecule has 1 saturated carbocycles. The molecule has 1 aliphatic carbocycles. The van der Waals surface area contributed by atoms with Crippen LogP contribution in [0, 0.1) is 11.3 Å². The van der Waals surface area contributed by atoms with Gasteiger partial charge in [-0.3, -0.25) is 14.6 Å². The smallest absolute Gasteiger partial charge is 0.246 e. The third-order valence-corrected chi connectivity index (χ3v) is 6.75. The van der Waals surface area contributed by atoms with Gasteiger partial charge in [-0.1, -0.05) is 12.1 Å². The first kappa shape index (κ1) is 18.9. The summed E-state index contributed by atoms with van der Waals surface area (Å²) < 4.78 is 0. The minimum Gasteiger partial charge on any atom is -0.355 e. The zero-order chi connectivity index (χ0) is 19.4. The van der Waals surface area contributed by atoms with Crippen molar-refractivity contribution in [3.63, 3.8) is 0 Å². The topological polar surface area (TPSA) is 62.3 Å². The summed E-state index contributed by atoms with van der Waals surface area (Å²) >= 11 is 1.62. The summed E-state index contributed by atoms with van der Waals surface area (Å²) in [6, 6.07) is 9.81. The maximum absolute atomic E-state index is 12.5. The van der Waals surface area contributed by atoms with Crippen molar-refractivity contribution >= 4 is 29.2 Å². The van der Waals surface area contributed by atoms with Gasteiger partial charge in [0, 0.05) is 54.8 Å². The van der Waals surface area contributed by atoms with E-state index in [4.69, 9.17) is 0 Å².